The predicted octanol–water partition coefficient (Wildman–Crippen LogP) is 0.223. The van der Waals surface area contributed by atoms with Crippen molar-refractivity contribution < 1.29 is 22.8 Å². The summed E-state index contributed by atoms with van der Waals surface area (Å²) in [5.41, 5.74) is 2.65. The first-order valence-corrected chi connectivity index (χ1v) is 11.0. The lowest BCUT2D eigenvalue weighted by atomic mass is 9.94. The van der Waals surface area contributed by atoms with Crippen LogP contribution in [0.25, 0.3) is 5.57 Å². The second-order valence-corrected chi connectivity index (χ2v) is 9.65. The number of carbonyl (C=O) groups is 3. The van der Waals surface area contributed by atoms with Gasteiger partial charge in [-0.05, 0) is 42.5 Å². The molecule has 0 radical (unpaired) electrons. The summed E-state index contributed by atoms with van der Waals surface area (Å²) < 4.78 is 27.0. The minimum atomic E-state index is -3.75. The van der Waals surface area contributed by atoms with Crippen molar-refractivity contribution in [3.63, 3.8) is 0 Å². The molecule has 0 unspecified atom stereocenters. The number of amides is 4. The van der Waals surface area contributed by atoms with Gasteiger partial charge in [0.2, 0.25) is 16.4 Å². The molecule has 1 saturated heterocycles. The van der Waals surface area contributed by atoms with E-state index in [1.165, 1.54) is 11.2 Å². The van der Waals surface area contributed by atoms with Crippen molar-refractivity contribution in [3.05, 3.63) is 35.4 Å². The van der Waals surface area contributed by atoms with Gasteiger partial charge in [-0.3, -0.25) is 14.9 Å². The van der Waals surface area contributed by atoms with Crippen molar-refractivity contribution in [1.29, 1.82) is 0 Å². The van der Waals surface area contributed by atoms with Gasteiger partial charge >= 0.3 is 6.03 Å². The molecule has 1 aromatic rings. The van der Waals surface area contributed by atoms with Gasteiger partial charge < -0.3 is 10.2 Å². The summed E-state index contributed by atoms with van der Waals surface area (Å²) in [6.07, 6.45) is 4.02. The van der Waals surface area contributed by atoms with Gasteiger partial charge in [0.05, 0.1) is 5.75 Å². The number of benzene rings is 1. The Morgan fingerprint density at radius 1 is 1.21 bits per heavy atom. The zero-order valence-electron chi connectivity index (χ0n) is 16.0. The number of fused-ring (bicyclic) bond motifs is 1. The van der Waals surface area contributed by atoms with Crippen molar-refractivity contribution in [2.75, 3.05) is 30.3 Å². The van der Waals surface area contributed by atoms with Crippen molar-refractivity contribution in [3.8, 4) is 0 Å². The topological polar surface area (TPSA) is 116 Å². The molecule has 0 bridgehead atoms. The minimum Gasteiger partial charge on any atom is -0.322 e. The predicted molar refractivity (Wildman–Crippen MR) is 107 cm³/mol. The first-order valence-electron chi connectivity index (χ1n) is 9.38. The van der Waals surface area contributed by atoms with E-state index in [4.69, 9.17) is 0 Å². The molecule has 3 aliphatic heterocycles. The Kier molecular flexibility index (Phi) is 4.70. The summed E-state index contributed by atoms with van der Waals surface area (Å²) in [7, 11) is -3.75. The average molecular weight is 418 g/mol. The maximum Gasteiger partial charge on any atom is 0.322 e. The molecule has 0 aromatic heterocycles. The van der Waals surface area contributed by atoms with E-state index in [1.54, 1.807) is 4.90 Å². The highest BCUT2D eigenvalue weighted by Crippen LogP contribution is 2.35. The molecular weight excluding hydrogens is 396 g/mol. The van der Waals surface area contributed by atoms with E-state index in [1.807, 2.05) is 24.3 Å². The number of urea groups is 1. The molecule has 1 atom stereocenters. The summed E-state index contributed by atoms with van der Waals surface area (Å²) >= 11 is 0. The van der Waals surface area contributed by atoms with Crippen LogP contribution in [-0.2, 0) is 26.0 Å². The molecule has 9 nitrogen and oxygen atoms in total. The average Bonchev–Trinajstić information content (AvgIpc) is 3.20. The van der Waals surface area contributed by atoms with E-state index in [9.17, 15) is 22.8 Å². The Bertz CT molecular complexity index is 1040. The highest BCUT2D eigenvalue weighted by molar-refractivity contribution is 7.89. The Balaban J connectivity index is 1.52. The molecule has 4 rings (SSSR count). The summed E-state index contributed by atoms with van der Waals surface area (Å²) in [6.45, 7) is 2.54. The third kappa shape index (κ3) is 3.42. The third-order valence-corrected chi connectivity index (χ3v) is 7.75. The lowest BCUT2D eigenvalue weighted by Crippen LogP contribution is -2.52. The Labute approximate surface area is 168 Å². The molecule has 4 amide bonds. The summed E-state index contributed by atoms with van der Waals surface area (Å²) in [5.74, 6) is -1.13. The number of nitrogens with zero attached hydrogens (tertiary/aromatic N) is 2. The Hall–Kier alpha value is -2.72. The molecule has 3 aliphatic rings. The monoisotopic (exact) mass is 418 g/mol. The number of imide groups is 1. The first kappa shape index (κ1) is 19.6. The van der Waals surface area contributed by atoms with E-state index in [0.29, 0.717) is 19.5 Å². The largest absolute Gasteiger partial charge is 0.322 e. The van der Waals surface area contributed by atoms with Gasteiger partial charge in [-0.25, -0.2) is 13.2 Å². The van der Waals surface area contributed by atoms with Gasteiger partial charge in [-0.2, -0.15) is 4.31 Å². The molecular formula is C19H22N4O5S. The van der Waals surface area contributed by atoms with Crippen LogP contribution in [0.4, 0.5) is 10.5 Å². The summed E-state index contributed by atoms with van der Waals surface area (Å²) in [6, 6.07) is 5.14. The first-order chi connectivity index (χ1) is 13.7. The maximum atomic E-state index is 12.8. The van der Waals surface area contributed by atoms with Crippen molar-refractivity contribution >= 4 is 39.6 Å². The van der Waals surface area contributed by atoms with Gasteiger partial charge in [0.25, 0.3) is 5.91 Å². The number of anilines is 1. The fourth-order valence-electron chi connectivity index (χ4n) is 4.15. The Morgan fingerprint density at radius 2 is 2.00 bits per heavy atom. The zero-order chi connectivity index (χ0) is 20.8. The summed E-state index contributed by atoms with van der Waals surface area (Å²) in [5, 5.41) is 4.47. The number of nitrogens with one attached hydrogen (secondary N) is 2. The second-order valence-electron chi connectivity index (χ2n) is 7.69. The highest BCUT2D eigenvalue weighted by atomic mass is 32.2. The highest BCUT2D eigenvalue weighted by Gasteiger charge is 2.46. The fourth-order valence-corrected chi connectivity index (χ4v) is 5.94. The van der Waals surface area contributed by atoms with Crippen LogP contribution in [0.3, 0.4) is 0 Å². The van der Waals surface area contributed by atoms with Gasteiger partial charge in [0.1, 0.15) is 5.54 Å². The van der Waals surface area contributed by atoms with Crippen LogP contribution in [-0.4, -0.2) is 62.0 Å². The van der Waals surface area contributed by atoms with Crippen LogP contribution < -0.4 is 15.5 Å². The van der Waals surface area contributed by atoms with E-state index >= 15 is 0 Å². The lowest BCUT2D eigenvalue weighted by Gasteiger charge is -2.29. The van der Waals surface area contributed by atoms with Gasteiger partial charge in [-0.15, -0.1) is 0 Å². The van der Waals surface area contributed by atoms with Crippen LogP contribution in [0, 0.1) is 0 Å². The van der Waals surface area contributed by atoms with Gasteiger partial charge in [0.15, 0.2) is 0 Å². The molecule has 0 spiro atoms. The number of hydrogen-bond donors (Lipinski definition) is 2. The van der Waals surface area contributed by atoms with E-state index in [2.05, 4.69) is 10.6 Å². The SMILES string of the molecule is C[C@]1(CS(=O)(=O)N2CC=C(c3cccc4c3CCN4C=O)CC2)NC(=O)NC1=O. The zero-order valence-corrected chi connectivity index (χ0v) is 16.8. The molecule has 2 N–H and O–H groups in total. The molecule has 10 heteroatoms. The molecule has 154 valence electrons. The normalized spacial score (nSPS) is 24.7. The quantitative estimate of drug-likeness (QED) is 0.524. The van der Waals surface area contributed by atoms with Crippen LogP contribution in [0.2, 0.25) is 0 Å². The van der Waals surface area contributed by atoms with Gasteiger partial charge in [0, 0.05) is 25.3 Å². The van der Waals surface area contributed by atoms with E-state index < -0.39 is 33.3 Å². The third-order valence-electron chi connectivity index (χ3n) is 5.69. The lowest BCUT2D eigenvalue weighted by molar-refractivity contribution is -0.122. The Morgan fingerprint density at radius 3 is 2.62 bits per heavy atom. The molecule has 0 saturated carbocycles. The van der Waals surface area contributed by atoms with Crippen molar-refractivity contribution in [1.82, 2.24) is 14.9 Å². The standard InChI is InChI=1S/C19H22N4O5S/c1-19(17(25)20-18(26)21-19)11-29(27,28)23-9-5-13(6-10-23)14-3-2-4-16-15(14)7-8-22(16)12-24/h2-5,12H,6-11H2,1H3,(H2,20,21,25,26)/t19-/m1/s1. The number of hydrogen-bond acceptors (Lipinski definition) is 5. The number of rotatable bonds is 5. The van der Waals surface area contributed by atoms with Crippen LogP contribution >= 0.6 is 0 Å². The summed E-state index contributed by atoms with van der Waals surface area (Å²) in [4.78, 5) is 36.2. The minimum absolute atomic E-state index is 0.199. The van der Waals surface area contributed by atoms with Crippen molar-refractivity contribution in [2.24, 2.45) is 0 Å². The van der Waals surface area contributed by atoms with Crippen LogP contribution in [0.1, 0.15) is 24.5 Å². The van der Waals surface area contributed by atoms with Crippen LogP contribution in [0.5, 0.6) is 0 Å². The van der Waals surface area contributed by atoms with E-state index in [-0.39, 0.29) is 6.54 Å². The van der Waals surface area contributed by atoms with Crippen LogP contribution in [0.15, 0.2) is 24.3 Å². The maximum absolute atomic E-state index is 12.8. The molecule has 1 aromatic carbocycles. The molecule has 29 heavy (non-hydrogen) atoms. The molecule has 3 heterocycles. The molecule has 1 fully saturated rings. The smallest absolute Gasteiger partial charge is 0.322 e. The number of sulfonamides is 1. The van der Waals surface area contributed by atoms with Gasteiger partial charge in [-0.1, -0.05) is 18.2 Å². The fraction of sp³-hybridized carbons (Fsp3) is 0.421. The van der Waals surface area contributed by atoms with E-state index in [0.717, 1.165) is 35.2 Å². The molecule has 0 aliphatic carbocycles. The number of carbonyl (C=O) groups excluding carboxylic acids is 3. The second kappa shape index (κ2) is 6.96. The van der Waals surface area contributed by atoms with Crippen molar-refractivity contribution in [2.45, 2.75) is 25.3 Å².